The predicted molar refractivity (Wildman–Crippen MR) is 98.8 cm³/mol. The molecule has 2 aromatic rings. The summed E-state index contributed by atoms with van der Waals surface area (Å²) in [5, 5.41) is 3.37. The number of methoxy groups -OCH3 is 1. The lowest BCUT2D eigenvalue weighted by Gasteiger charge is -2.13. The zero-order valence-electron chi connectivity index (χ0n) is 14.7. The molecule has 0 aliphatic carbocycles. The van der Waals surface area contributed by atoms with Crippen molar-refractivity contribution in [3.63, 3.8) is 0 Å². The van der Waals surface area contributed by atoms with E-state index in [1.165, 1.54) is 0 Å². The Kier molecular flexibility index (Phi) is 6.60. The maximum atomic E-state index is 11.1. The number of rotatable bonds is 9. The lowest BCUT2D eigenvalue weighted by Crippen LogP contribution is -2.14. The van der Waals surface area contributed by atoms with E-state index in [0.29, 0.717) is 36.8 Å². The zero-order valence-corrected chi connectivity index (χ0v) is 14.7. The predicted octanol–water partition coefficient (Wildman–Crippen LogP) is 3.04. The van der Waals surface area contributed by atoms with Gasteiger partial charge in [-0.15, -0.1) is 0 Å². The molecule has 0 unspecified atom stereocenters. The second-order valence-electron chi connectivity index (χ2n) is 5.90. The molecule has 0 saturated heterocycles. The van der Waals surface area contributed by atoms with Crippen LogP contribution in [0.3, 0.4) is 0 Å². The highest BCUT2D eigenvalue weighted by Crippen LogP contribution is 2.28. The first-order valence-electron chi connectivity index (χ1n) is 8.03. The van der Waals surface area contributed by atoms with E-state index in [2.05, 4.69) is 11.9 Å². The number of hydrogen-bond donors (Lipinski definition) is 2. The summed E-state index contributed by atoms with van der Waals surface area (Å²) in [6.45, 7) is 7.59. The molecule has 0 bridgehead atoms. The summed E-state index contributed by atoms with van der Waals surface area (Å²) in [6.07, 6.45) is 0. The van der Waals surface area contributed by atoms with Crippen molar-refractivity contribution in [1.82, 2.24) is 5.32 Å². The minimum atomic E-state index is -0.417. The molecule has 1 amide bonds. The van der Waals surface area contributed by atoms with E-state index in [1.54, 1.807) is 19.2 Å². The molecule has 0 aliphatic rings. The van der Waals surface area contributed by atoms with Crippen LogP contribution in [0.5, 0.6) is 11.5 Å². The van der Waals surface area contributed by atoms with E-state index in [0.717, 1.165) is 16.7 Å². The molecule has 2 rings (SSSR count). The number of carbonyl (C=O) groups is 1. The fraction of sp³-hybridized carbons (Fsp3) is 0.250. The van der Waals surface area contributed by atoms with Crippen molar-refractivity contribution in [3.05, 3.63) is 71.3 Å². The molecule has 0 radical (unpaired) electrons. The van der Waals surface area contributed by atoms with Gasteiger partial charge >= 0.3 is 0 Å². The molecular weight excluding hydrogens is 316 g/mol. The van der Waals surface area contributed by atoms with Gasteiger partial charge in [-0.25, -0.2) is 0 Å². The summed E-state index contributed by atoms with van der Waals surface area (Å²) in [5.74, 6) is 0.989. The van der Waals surface area contributed by atoms with Gasteiger partial charge in [-0.05, 0) is 47.9 Å². The molecule has 2 aromatic carbocycles. The van der Waals surface area contributed by atoms with E-state index < -0.39 is 5.91 Å². The molecule has 0 atom stereocenters. The normalized spacial score (nSPS) is 10.3. The highest BCUT2D eigenvalue weighted by atomic mass is 16.5. The Balaban J connectivity index is 1.94. The van der Waals surface area contributed by atoms with Crippen molar-refractivity contribution >= 4 is 5.91 Å². The van der Waals surface area contributed by atoms with E-state index in [-0.39, 0.29) is 0 Å². The van der Waals surface area contributed by atoms with Gasteiger partial charge in [0, 0.05) is 18.7 Å². The van der Waals surface area contributed by atoms with Crippen molar-refractivity contribution in [2.24, 2.45) is 5.73 Å². The number of primary amides is 1. The number of carbonyl (C=O) groups excluding carboxylic acids is 1. The molecule has 132 valence electrons. The number of ether oxygens (including phenoxy) is 2. The van der Waals surface area contributed by atoms with Crippen LogP contribution in [0.4, 0.5) is 0 Å². The van der Waals surface area contributed by atoms with Crippen LogP contribution >= 0.6 is 0 Å². The van der Waals surface area contributed by atoms with Gasteiger partial charge in [0.25, 0.3) is 0 Å². The Hall–Kier alpha value is -2.79. The minimum absolute atomic E-state index is 0.417. The maximum absolute atomic E-state index is 11.1. The summed E-state index contributed by atoms with van der Waals surface area (Å²) in [4.78, 5) is 11.1. The summed E-state index contributed by atoms with van der Waals surface area (Å²) < 4.78 is 11.1. The molecule has 5 nitrogen and oxygen atoms in total. The van der Waals surface area contributed by atoms with Crippen molar-refractivity contribution < 1.29 is 14.3 Å². The third-order valence-electron chi connectivity index (χ3n) is 3.60. The molecule has 3 N–H and O–H groups in total. The van der Waals surface area contributed by atoms with Crippen LogP contribution in [0.2, 0.25) is 0 Å². The molecule has 0 heterocycles. The van der Waals surface area contributed by atoms with Crippen LogP contribution in [0.15, 0.2) is 54.6 Å². The van der Waals surface area contributed by atoms with E-state index in [1.807, 2.05) is 37.3 Å². The Morgan fingerprint density at radius 1 is 1.08 bits per heavy atom. The highest BCUT2D eigenvalue weighted by Gasteiger charge is 2.06. The summed E-state index contributed by atoms with van der Waals surface area (Å²) in [5.41, 5.74) is 8.87. The lowest BCUT2D eigenvalue weighted by molar-refractivity contribution is 0.100. The van der Waals surface area contributed by atoms with Gasteiger partial charge in [0.1, 0.15) is 6.61 Å². The quantitative estimate of drug-likeness (QED) is 0.688. The monoisotopic (exact) mass is 340 g/mol. The number of amides is 1. The molecular formula is C20H24N2O3. The van der Waals surface area contributed by atoms with Crippen LogP contribution in [0.1, 0.15) is 28.4 Å². The van der Waals surface area contributed by atoms with Crippen LogP contribution < -0.4 is 20.5 Å². The van der Waals surface area contributed by atoms with Crippen LogP contribution in [0, 0.1) is 0 Å². The third-order valence-corrected chi connectivity index (χ3v) is 3.60. The first kappa shape index (κ1) is 18.5. The Labute approximate surface area is 148 Å². The van der Waals surface area contributed by atoms with E-state index in [9.17, 15) is 4.79 Å². The second-order valence-corrected chi connectivity index (χ2v) is 5.90. The molecule has 25 heavy (non-hydrogen) atoms. The van der Waals surface area contributed by atoms with Crippen molar-refractivity contribution in [3.8, 4) is 11.5 Å². The standard InChI is InChI=1S/C20H24N2O3/c1-14(2)13-25-19-10-16(6-9-18(19)24-3)12-22-11-15-4-7-17(8-5-15)20(21)23/h4-10,22H,1,11-13H2,2-3H3,(H2,21,23). The average molecular weight is 340 g/mol. The number of nitrogens with two attached hydrogens (primary N) is 1. The van der Waals surface area contributed by atoms with Gasteiger partial charge in [0.05, 0.1) is 7.11 Å². The topological polar surface area (TPSA) is 73.6 Å². The molecule has 0 aliphatic heterocycles. The largest absolute Gasteiger partial charge is 0.493 e. The van der Waals surface area contributed by atoms with Gasteiger partial charge in [0.15, 0.2) is 11.5 Å². The summed E-state index contributed by atoms with van der Waals surface area (Å²) in [7, 11) is 1.62. The van der Waals surface area contributed by atoms with Crippen molar-refractivity contribution in [2.45, 2.75) is 20.0 Å². The smallest absolute Gasteiger partial charge is 0.248 e. The Morgan fingerprint density at radius 2 is 1.72 bits per heavy atom. The van der Waals surface area contributed by atoms with Crippen molar-refractivity contribution in [2.75, 3.05) is 13.7 Å². The Bertz CT molecular complexity index is 739. The SMILES string of the molecule is C=C(C)COc1cc(CNCc2ccc(C(N)=O)cc2)ccc1OC. The summed E-state index contributed by atoms with van der Waals surface area (Å²) in [6, 6.07) is 13.1. The first-order valence-corrected chi connectivity index (χ1v) is 8.03. The molecule has 0 saturated carbocycles. The summed E-state index contributed by atoms with van der Waals surface area (Å²) >= 11 is 0. The lowest BCUT2D eigenvalue weighted by atomic mass is 10.1. The van der Waals surface area contributed by atoms with Gasteiger partial charge in [-0.3, -0.25) is 4.79 Å². The minimum Gasteiger partial charge on any atom is -0.493 e. The van der Waals surface area contributed by atoms with Gasteiger partial charge in [-0.2, -0.15) is 0 Å². The van der Waals surface area contributed by atoms with Crippen LogP contribution in [0.25, 0.3) is 0 Å². The Morgan fingerprint density at radius 3 is 2.32 bits per heavy atom. The van der Waals surface area contributed by atoms with Gasteiger partial charge in [-0.1, -0.05) is 24.8 Å². The molecule has 0 aromatic heterocycles. The van der Waals surface area contributed by atoms with Crippen LogP contribution in [-0.4, -0.2) is 19.6 Å². The number of benzene rings is 2. The number of nitrogens with one attached hydrogen (secondary N) is 1. The molecule has 0 fully saturated rings. The van der Waals surface area contributed by atoms with Crippen LogP contribution in [-0.2, 0) is 13.1 Å². The first-order chi connectivity index (χ1) is 12.0. The zero-order chi connectivity index (χ0) is 18.2. The fourth-order valence-electron chi connectivity index (χ4n) is 2.28. The van der Waals surface area contributed by atoms with Gasteiger partial charge < -0.3 is 20.5 Å². The van der Waals surface area contributed by atoms with Gasteiger partial charge in [0.2, 0.25) is 5.91 Å². The van der Waals surface area contributed by atoms with Crippen molar-refractivity contribution in [1.29, 1.82) is 0 Å². The van der Waals surface area contributed by atoms with E-state index in [4.69, 9.17) is 15.2 Å². The molecule has 0 spiro atoms. The molecule has 5 heteroatoms. The van der Waals surface area contributed by atoms with E-state index >= 15 is 0 Å². The third kappa shape index (κ3) is 5.65. The average Bonchev–Trinajstić information content (AvgIpc) is 2.60. The number of hydrogen-bond acceptors (Lipinski definition) is 4. The fourth-order valence-corrected chi connectivity index (χ4v) is 2.28. The highest BCUT2D eigenvalue weighted by molar-refractivity contribution is 5.92. The maximum Gasteiger partial charge on any atom is 0.248 e. The second kappa shape index (κ2) is 8.89.